The lowest BCUT2D eigenvalue weighted by Crippen LogP contribution is -2.20. The summed E-state index contributed by atoms with van der Waals surface area (Å²) in [5, 5.41) is 28.0. The number of aliphatic hydroxyl groups excluding tert-OH is 1. The summed E-state index contributed by atoms with van der Waals surface area (Å²) < 4.78 is 12.8. The van der Waals surface area contributed by atoms with Gasteiger partial charge in [0.1, 0.15) is 18.1 Å². The Morgan fingerprint density at radius 1 is 1.30 bits per heavy atom. The Labute approximate surface area is 161 Å². The highest BCUT2D eigenvalue weighted by Crippen LogP contribution is 2.26. The average Bonchev–Trinajstić information content (AvgIpc) is 3.25. The molecule has 0 fully saturated rings. The molecule has 0 spiro atoms. The summed E-state index contributed by atoms with van der Waals surface area (Å²) in [6, 6.07) is 11.3. The minimum Gasteiger partial charge on any atom is -0.491 e. The predicted octanol–water partition coefficient (Wildman–Crippen LogP) is 2.98. The zero-order valence-electron chi connectivity index (χ0n) is 15.1. The monoisotopic (exact) mass is 384 g/mol. The Morgan fingerprint density at radius 2 is 2.07 bits per heavy atom. The maximum atomic E-state index is 10.2. The number of thioether (sulfide) groups is 1. The van der Waals surface area contributed by atoms with Gasteiger partial charge in [0.05, 0.1) is 30.4 Å². The second-order valence-corrected chi connectivity index (χ2v) is 7.00. The van der Waals surface area contributed by atoms with E-state index in [9.17, 15) is 5.11 Å². The van der Waals surface area contributed by atoms with Gasteiger partial charge in [-0.15, -0.1) is 10.2 Å². The second kappa shape index (κ2) is 8.75. The molecule has 0 saturated carbocycles. The first-order valence-electron chi connectivity index (χ1n) is 8.42. The SMILES string of the molecule is Cc1occc1-c1nnc(SC[C@@H](O)COc2ccc(CC#N)cc2)n1C. The molecule has 3 rings (SSSR count). The normalized spacial score (nSPS) is 11.9. The van der Waals surface area contributed by atoms with Crippen molar-refractivity contribution in [3.05, 3.63) is 47.9 Å². The summed E-state index contributed by atoms with van der Waals surface area (Å²) in [5.41, 5.74) is 1.84. The second-order valence-electron chi connectivity index (χ2n) is 6.01. The van der Waals surface area contributed by atoms with Crippen LogP contribution in [0.25, 0.3) is 11.4 Å². The fraction of sp³-hybridized carbons (Fsp3) is 0.316. The van der Waals surface area contributed by atoms with Crippen LogP contribution in [0.15, 0.2) is 46.2 Å². The first-order valence-corrected chi connectivity index (χ1v) is 9.40. The van der Waals surface area contributed by atoms with Crippen molar-refractivity contribution in [1.29, 1.82) is 5.26 Å². The van der Waals surface area contributed by atoms with Gasteiger partial charge < -0.3 is 18.8 Å². The lowest BCUT2D eigenvalue weighted by Gasteiger charge is -2.12. The van der Waals surface area contributed by atoms with Gasteiger partial charge in [0.2, 0.25) is 0 Å². The van der Waals surface area contributed by atoms with E-state index in [1.54, 1.807) is 18.4 Å². The smallest absolute Gasteiger partial charge is 0.191 e. The first-order chi connectivity index (χ1) is 13.1. The molecule has 0 aliphatic heterocycles. The van der Waals surface area contributed by atoms with Crippen LogP contribution < -0.4 is 4.74 Å². The van der Waals surface area contributed by atoms with Crippen LogP contribution in [0.3, 0.4) is 0 Å². The number of furan rings is 1. The van der Waals surface area contributed by atoms with Crippen molar-refractivity contribution in [2.45, 2.75) is 24.6 Å². The van der Waals surface area contributed by atoms with Crippen molar-refractivity contribution in [2.24, 2.45) is 7.05 Å². The van der Waals surface area contributed by atoms with Crippen LogP contribution >= 0.6 is 11.8 Å². The van der Waals surface area contributed by atoms with E-state index >= 15 is 0 Å². The van der Waals surface area contributed by atoms with E-state index in [2.05, 4.69) is 16.3 Å². The number of aromatic nitrogens is 3. The maximum Gasteiger partial charge on any atom is 0.191 e. The Hall–Kier alpha value is -2.76. The third-order valence-corrected chi connectivity index (χ3v) is 5.15. The molecule has 0 unspecified atom stereocenters. The van der Waals surface area contributed by atoms with Crippen LogP contribution in [-0.4, -0.2) is 38.3 Å². The molecule has 0 saturated heterocycles. The van der Waals surface area contributed by atoms with Gasteiger partial charge in [0.25, 0.3) is 0 Å². The Balaban J connectivity index is 1.51. The Kier molecular flexibility index (Phi) is 6.16. The summed E-state index contributed by atoms with van der Waals surface area (Å²) in [7, 11) is 1.88. The molecule has 0 amide bonds. The molecule has 1 aromatic carbocycles. The fourth-order valence-corrected chi connectivity index (χ4v) is 3.31. The number of ether oxygens (including phenoxy) is 1. The fourth-order valence-electron chi connectivity index (χ4n) is 2.50. The quantitative estimate of drug-likeness (QED) is 0.596. The highest BCUT2D eigenvalue weighted by molar-refractivity contribution is 7.99. The van der Waals surface area contributed by atoms with Crippen molar-refractivity contribution < 1.29 is 14.3 Å². The molecule has 0 aliphatic rings. The van der Waals surface area contributed by atoms with Crippen molar-refractivity contribution in [1.82, 2.24) is 14.8 Å². The highest BCUT2D eigenvalue weighted by Gasteiger charge is 2.16. The number of benzene rings is 1. The van der Waals surface area contributed by atoms with Crippen molar-refractivity contribution in [2.75, 3.05) is 12.4 Å². The summed E-state index contributed by atoms with van der Waals surface area (Å²) in [6.45, 7) is 2.06. The largest absolute Gasteiger partial charge is 0.491 e. The molecule has 0 bridgehead atoms. The van der Waals surface area contributed by atoms with Crippen LogP contribution in [0.5, 0.6) is 5.75 Å². The third-order valence-electron chi connectivity index (χ3n) is 3.99. The van der Waals surface area contributed by atoms with E-state index in [-0.39, 0.29) is 6.61 Å². The first kappa shape index (κ1) is 19.0. The predicted molar refractivity (Wildman–Crippen MR) is 101 cm³/mol. The van der Waals surface area contributed by atoms with Gasteiger partial charge in [-0.25, -0.2) is 0 Å². The van der Waals surface area contributed by atoms with Crippen LogP contribution in [0.1, 0.15) is 11.3 Å². The lowest BCUT2D eigenvalue weighted by atomic mass is 10.2. The summed E-state index contributed by atoms with van der Waals surface area (Å²) >= 11 is 1.42. The molecular weight excluding hydrogens is 364 g/mol. The molecule has 2 aromatic heterocycles. The minimum atomic E-state index is -0.649. The molecule has 8 heteroatoms. The third kappa shape index (κ3) is 4.70. The van der Waals surface area contributed by atoms with Gasteiger partial charge in [-0.3, -0.25) is 0 Å². The molecule has 0 aliphatic carbocycles. The topological polar surface area (TPSA) is 97.1 Å². The number of rotatable bonds is 8. The minimum absolute atomic E-state index is 0.177. The van der Waals surface area contributed by atoms with Crippen LogP contribution in [0, 0.1) is 18.3 Å². The van der Waals surface area contributed by atoms with E-state index in [1.807, 2.05) is 36.7 Å². The molecule has 27 heavy (non-hydrogen) atoms. The van der Waals surface area contributed by atoms with E-state index in [4.69, 9.17) is 14.4 Å². The molecule has 1 N–H and O–H groups in total. The molecule has 140 valence electrons. The number of hydrogen-bond acceptors (Lipinski definition) is 7. The highest BCUT2D eigenvalue weighted by atomic mass is 32.2. The van der Waals surface area contributed by atoms with Gasteiger partial charge in [0.15, 0.2) is 11.0 Å². The van der Waals surface area contributed by atoms with Crippen molar-refractivity contribution >= 4 is 11.8 Å². The molecule has 7 nitrogen and oxygen atoms in total. The van der Waals surface area contributed by atoms with Crippen molar-refractivity contribution in [3.8, 4) is 23.2 Å². The lowest BCUT2D eigenvalue weighted by molar-refractivity contribution is 0.126. The summed E-state index contributed by atoms with van der Waals surface area (Å²) in [6.07, 6.45) is 1.35. The van der Waals surface area contributed by atoms with Crippen LogP contribution in [0.2, 0.25) is 0 Å². The van der Waals surface area contributed by atoms with Crippen LogP contribution in [-0.2, 0) is 13.5 Å². The van der Waals surface area contributed by atoms with E-state index < -0.39 is 6.10 Å². The van der Waals surface area contributed by atoms with Crippen molar-refractivity contribution in [3.63, 3.8) is 0 Å². The zero-order valence-corrected chi connectivity index (χ0v) is 15.9. The number of nitrogens with zero attached hydrogens (tertiary/aromatic N) is 4. The molecule has 1 atom stereocenters. The van der Waals surface area contributed by atoms with Gasteiger partial charge in [-0.1, -0.05) is 23.9 Å². The maximum absolute atomic E-state index is 10.2. The average molecular weight is 384 g/mol. The van der Waals surface area contributed by atoms with E-state index in [1.165, 1.54) is 11.8 Å². The number of nitriles is 1. The van der Waals surface area contributed by atoms with E-state index in [0.29, 0.717) is 23.1 Å². The Morgan fingerprint density at radius 3 is 2.74 bits per heavy atom. The van der Waals surface area contributed by atoms with Gasteiger partial charge in [0, 0.05) is 12.8 Å². The number of aliphatic hydroxyl groups is 1. The van der Waals surface area contributed by atoms with Gasteiger partial charge in [-0.05, 0) is 30.7 Å². The molecular formula is C19H20N4O3S. The standard InChI is InChI=1S/C19H20N4O3S/c1-13-17(8-10-25-13)18-21-22-19(23(18)2)27-12-15(24)11-26-16-5-3-14(4-6-16)7-9-20/h3-6,8,10,15,24H,7,11-12H2,1-2H3/t15-/m0/s1. The number of aryl methyl sites for hydroxylation is 1. The Bertz CT molecular complexity index is 927. The summed E-state index contributed by atoms with van der Waals surface area (Å²) in [5.74, 6) is 2.61. The molecule has 3 aromatic rings. The number of hydrogen-bond donors (Lipinski definition) is 1. The summed E-state index contributed by atoms with van der Waals surface area (Å²) in [4.78, 5) is 0. The van der Waals surface area contributed by atoms with Gasteiger partial charge in [-0.2, -0.15) is 5.26 Å². The van der Waals surface area contributed by atoms with Crippen LogP contribution in [0.4, 0.5) is 0 Å². The van der Waals surface area contributed by atoms with Gasteiger partial charge >= 0.3 is 0 Å². The molecule has 0 radical (unpaired) electrons. The van der Waals surface area contributed by atoms with E-state index in [0.717, 1.165) is 22.7 Å². The zero-order chi connectivity index (χ0) is 19.2. The molecule has 2 heterocycles.